The maximum atomic E-state index is 11.1. The van der Waals surface area contributed by atoms with Crippen LogP contribution in [0.3, 0.4) is 0 Å². The van der Waals surface area contributed by atoms with Gasteiger partial charge in [-0.05, 0) is 19.3 Å². The number of hydrogen-bond donors (Lipinski definition) is 0. The number of ether oxygens (including phenoxy) is 2. The van der Waals surface area contributed by atoms with Gasteiger partial charge in [0.15, 0.2) is 11.4 Å². The SMILES string of the molecule is CCCOC1CCCN(c2nc(COC)c(C=O)s2)C1. The minimum absolute atomic E-state index is 0.276. The molecule has 0 aromatic carbocycles. The van der Waals surface area contributed by atoms with Crippen molar-refractivity contribution in [2.24, 2.45) is 0 Å². The molecule has 112 valence electrons. The van der Waals surface area contributed by atoms with Gasteiger partial charge in [-0.2, -0.15) is 0 Å². The number of thiazole rings is 1. The molecule has 1 unspecified atom stereocenters. The van der Waals surface area contributed by atoms with E-state index in [2.05, 4.69) is 16.8 Å². The predicted molar refractivity (Wildman–Crippen MR) is 79.7 cm³/mol. The third kappa shape index (κ3) is 3.77. The van der Waals surface area contributed by atoms with Crippen molar-refractivity contribution in [3.63, 3.8) is 0 Å². The molecule has 1 saturated heterocycles. The Bertz CT molecular complexity index is 436. The molecule has 0 amide bonds. The Morgan fingerprint density at radius 3 is 3.10 bits per heavy atom. The Balaban J connectivity index is 2.04. The zero-order valence-electron chi connectivity index (χ0n) is 12.1. The van der Waals surface area contributed by atoms with Gasteiger partial charge in [0.25, 0.3) is 0 Å². The first-order chi connectivity index (χ1) is 9.78. The number of nitrogens with zero attached hydrogens (tertiary/aromatic N) is 2. The van der Waals surface area contributed by atoms with Gasteiger partial charge in [0, 0.05) is 26.8 Å². The summed E-state index contributed by atoms with van der Waals surface area (Å²) in [5.74, 6) is 0. The smallest absolute Gasteiger partial charge is 0.186 e. The highest BCUT2D eigenvalue weighted by Crippen LogP contribution is 2.28. The van der Waals surface area contributed by atoms with Crippen molar-refractivity contribution in [1.29, 1.82) is 0 Å². The maximum absolute atomic E-state index is 11.1. The normalized spacial score (nSPS) is 19.3. The molecule has 2 heterocycles. The molecule has 1 aromatic heterocycles. The van der Waals surface area contributed by atoms with E-state index in [0.29, 0.717) is 11.5 Å². The fraction of sp³-hybridized carbons (Fsp3) is 0.714. The Hall–Kier alpha value is -0.980. The highest BCUT2D eigenvalue weighted by Gasteiger charge is 2.23. The first-order valence-corrected chi connectivity index (χ1v) is 7.90. The monoisotopic (exact) mass is 298 g/mol. The molecular formula is C14H22N2O3S. The zero-order valence-corrected chi connectivity index (χ0v) is 12.9. The van der Waals surface area contributed by atoms with Crippen molar-refractivity contribution >= 4 is 22.8 Å². The van der Waals surface area contributed by atoms with Gasteiger partial charge in [-0.15, -0.1) is 0 Å². The summed E-state index contributed by atoms with van der Waals surface area (Å²) in [6.45, 7) is 5.15. The summed E-state index contributed by atoms with van der Waals surface area (Å²) in [7, 11) is 1.61. The molecule has 0 saturated carbocycles. The van der Waals surface area contributed by atoms with Crippen LogP contribution < -0.4 is 4.90 Å². The predicted octanol–water partition coefficient (Wildman–Crippen LogP) is 2.50. The third-order valence-electron chi connectivity index (χ3n) is 3.31. The molecule has 5 nitrogen and oxygen atoms in total. The molecule has 1 aromatic rings. The number of carbonyl (C=O) groups excluding carboxylic acids is 1. The van der Waals surface area contributed by atoms with Crippen LogP contribution in [-0.4, -0.2) is 44.2 Å². The van der Waals surface area contributed by atoms with Crippen molar-refractivity contribution in [3.8, 4) is 0 Å². The molecule has 0 N–H and O–H groups in total. The van der Waals surface area contributed by atoms with Crippen LogP contribution in [0.25, 0.3) is 0 Å². The molecule has 1 atom stereocenters. The average molecular weight is 298 g/mol. The first kappa shape index (κ1) is 15.4. The number of carbonyl (C=O) groups is 1. The summed E-state index contributed by atoms with van der Waals surface area (Å²) in [6.07, 6.45) is 4.39. The van der Waals surface area contributed by atoms with Crippen LogP contribution in [0.2, 0.25) is 0 Å². The van der Waals surface area contributed by atoms with Crippen LogP contribution in [0.4, 0.5) is 5.13 Å². The van der Waals surface area contributed by atoms with Gasteiger partial charge in [0.05, 0.1) is 23.3 Å². The molecule has 0 radical (unpaired) electrons. The summed E-state index contributed by atoms with van der Waals surface area (Å²) in [6, 6.07) is 0. The van der Waals surface area contributed by atoms with Crippen LogP contribution in [0.15, 0.2) is 0 Å². The first-order valence-electron chi connectivity index (χ1n) is 7.08. The van der Waals surface area contributed by atoms with E-state index in [0.717, 1.165) is 56.1 Å². The van der Waals surface area contributed by atoms with E-state index in [9.17, 15) is 4.79 Å². The fourth-order valence-electron chi connectivity index (χ4n) is 2.35. The molecule has 20 heavy (non-hydrogen) atoms. The lowest BCUT2D eigenvalue weighted by molar-refractivity contribution is 0.0440. The maximum Gasteiger partial charge on any atom is 0.186 e. The van der Waals surface area contributed by atoms with Crippen LogP contribution in [0.5, 0.6) is 0 Å². The molecular weight excluding hydrogens is 276 g/mol. The topological polar surface area (TPSA) is 51.7 Å². The third-order valence-corrected chi connectivity index (χ3v) is 4.39. The van der Waals surface area contributed by atoms with E-state index < -0.39 is 0 Å². The van der Waals surface area contributed by atoms with E-state index in [1.165, 1.54) is 11.3 Å². The quantitative estimate of drug-likeness (QED) is 0.724. The van der Waals surface area contributed by atoms with Crippen LogP contribution in [-0.2, 0) is 16.1 Å². The molecule has 1 aliphatic rings. The summed E-state index contributed by atoms with van der Waals surface area (Å²) < 4.78 is 10.9. The number of methoxy groups -OCH3 is 1. The summed E-state index contributed by atoms with van der Waals surface area (Å²) in [5.41, 5.74) is 0.735. The van der Waals surface area contributed by atoms with Gasteiger partial charge >= 0.3 is 0 Å². The number of anilines is 1. The van der Waals surface area contributed by atoms with E-state index >= 15 is 0 Å². The average Bonchev–Trinajstić information content (AvgIpc) is 2.89. The molecule has 0 spiro atoms. The van der Waals surface area contributed by atoms with Crippen LogP contribution in [0.1, 0.15) is 41.6 Å². The lowest BCUT2D eigenvalue weighted by atomic mass is 10.1. The molecule has 2 rings (SSSR count). The van der Waals surface area contributed by atoms with E-state index in [1.54, 1.807) is 7.11 Å². The van der Waals surface area contributed by atoms with Crippen LogP contribution in [0, 0.1) is 0 Å². The standard InChI is InChI=1S/C14H22N2O3S/c1-3-7-19-11-5-4-6-16(8-11)14-15-12(10-18-2)13(9-17)20-14/h9,11H,3-8,10H2,1-2H3. The molecule has 0 bridgehead atoms. The van der Waals surface area contributed by atoms with E-state index in [4.69, 9.17) is 9.47 Å². The van der Waals surface area contributed by atoms with E-state index in [1.807, 2.05) is 0 Å². The minimum Gasteiger partial charge on any atom is -0.378 e. The van der Waals surface area contributed by atoms with Crippen molar-refractivity contribution in [2.75, 3.05) is 31.7 Å². The second kappa shape index (κ2) is 7.71. The van der Waals surface area contributed by atoms with Crippen LogP contribution >= 0.6 is 11.3 Å². The van der Waals surface area contributed by atoms with Gasteiger partial charge in [-0.1, -0.05) is 18.3 Å². The molecule has 1 aliphatic heterocycles. The number of hydrogen-bond acceptors (Lipinski definition) is 6. The van der Waals surface area contributed by atoms with Crippen molar-refractivity contribution in [3.05, 3.63) is 10.6 Å². The number of aldehydes is 1. The minimum atomic E-state index is 0.276. The highest BCUT2D eigenvalue weighted by molar-refractivity contribution is 7.17. The van der Waals surface area contributed by atoms with Crippen molar-refractivity contribution in [1.82, 2.24) is 4.98 Å². The molecule has 6 heteroatoms. The Labute approximate surface area is 123 Å². The van der Waals surface area contributed by atoms with Gasteiger partial charge in [-0.25, -0.2) is 4.98 Å². The van der Waals surface area contributed by atoms with Crippen molar-refractivity contribution in [2.45, 2.75) is 38.9 Å². The van der Waals surface area contributed by atoms with Gasteiger partial charge in [-0.3, -0.25) is 4.79 Å². The Morgan fingerprint density at radius 2 is 2.40 bits per heavy atom. The lowest BCUT2D eigenvalue weighted by Crippen LogP contribution is -2.39. The van der Waals surface area contributed by atoms with Gasteiger partial charge in [0.1, 0.15) is 0 Å². The second-order valence-electron chi connectivity index (χ2n) is 4.94. The zero-order chi connectivity index (χ0) is 14.4. The second-order valence-corrected chi connectivity index (χ2v) is 5.95. The van der Waals surface area contributed by atoms with Crippen molar-refractivity contribution < 1.29 is 14.3 Å². The summed E-state index contributed by atoms with van der Waals surface area (Å²) in [5, 5.41) is 0.906. The largest absolute Gasteiger partial charge is 0.378 e. The van der Waals surface area contributed by atoms with Gasteiger partial charge < -0.3 is 14.4 Å². The highest BCUT2D eigenvalue weighted by atomic mass is 32.1. The molecule has 0 aliphatic carbocycles. The lowest BCUT2D eigenvalue weighted by Gasteiger charge is -2.32. The summed E-state index contributed by atoms with van der Waals surface area (Å²) in [4.78, 5) is 18.5. The Kier molecular flexibility index (Phi) is 5.94. The number of piperidine rings is 1. The fourth-order valence-corrected chi connectivity index (χ4v) is 3.27. The summed E-state index contributed by atoms with van der Waals surface area (Å²) >= 11 is 1.44. The molecule has 1 fully saturated rings. The van der Waals surface area contributed by atoms with E-state index in [-0.39, 0.29) is 6.10 Å². The number of aromatic nitrogens is 1. The van der Waals surface area contributed by atoms with Gasteiger partial charge in [0.2, 0.25) is 0 Å². The number of rotatable bonds is 7. The Morgan fingerprint density at radius 1 is 1.55 bits per heavy atom.